The fourth-order valence-corrected chi connectivity index (χ4v) is 4.37. The van der Waals surface area contributed by atoms with Gasteiger partial charge in [-0.25, -0.2) is 14.6 Å². The predicted molar refractivity (Wildman–Crippen MR) is 138 cm³/mol. The van der Waals surface area contributed by atoms with Crippen molar-refractivity contribution in [3.05, 3.63) is 50.9 Å². The average molecular weight is 533 g/mol. The summed E-state index contributed by atoms with van der Waals surface area (Å²) in [5.41, 5.74) is 0.616. The number of hydrogen-bond acceptors (Lipinski definition) is 6. The quantitative estimate of drug-likeness (QED) is 0.465. The molecule has 200 valence electrons. The molecular weight excluding hydrogens is 500 g/mol. The van der Waals surface area contributed by atoms with Crippen molar-refractivity contribution in [1.29, 1.82) is 0 Å². The van der Waals surface area contributed by atoms with E-state index in [4.69, 9.17) is 21.3 Å². The Bertz CT molecular complexity index is 1210. The Kier molecular flexibility index (Phi) is 8.96. The maximum absolute atomic E-state index is 13.4. The number of carboxylic acids is 1. The number of carbonyl (C=O) groups is 3. The third-order valence-electron chi connectivity index (χ3n) is 5.98. The monoisotopic (exact) mass is 532 g/mol. The molecule has 2 amide bonds. The minimum absolute atomic E-state index is 0.240. The van der Waals surface area contributed by atoms with E-state index in [1.54, 1.807) is 49.9 Å². The number of nitrogens with zero attached hydrogens (tertiary/aromatic N) is 2. The Morgan fingerprint density at radius 3 is 2.54 bits per heavy atom. The fourth-order valence-electron chi connectivity index (χ4n) is 4.24. The van der Waals surface area contributed by atoms with Crippen molar-refractivity contribution in [1.82, 2.24) is 20.2 Å². The molecule has 2 aromatic rings. The van der Waals surface area contributed by atoms with E-state index >= 15 is 0 Å². The lowest BCUT2D eigenvalue weighted by atomic mass is 9.93. The molecule has 2 atom stereocenters. The SMILES string of the molecule is CCCCC1c2nc(-c3ccc(Cl)cc3)[nH]c(=O)c2CCN1C(=O)C[C@@H](NC(=O)OC(C)(C)C)C(=O)O. The van der Waals surface area contributed by atoms with Crippen LogP contribution in [-0.4, -0.2) is 56.1 Å². The molecule has 0 fully saturated rings. The average Bonchev–Trinajstić information content (AvgIpc) is 2.81. The summed E-state index contributed by atoms with van der Waals surface area (Å²) in [5, 5.41) is 12.5. The molecule has 1 aromatic heterocycles. The largest absolute Gasteiger partial charge is 0.480 e. The first-order chi connectivity index (χ1) is 17.4. The predicted octanol–water partition coefficient (Wildman–Crippen LogP) is 4.07. The molecule has 37 heavy (non-hydrogen) atoms. The third-order valence-corrected chi connectivity index (χ3v) is 6.23. The van der Waals surface area contributed by atoms with Crippen molar-refractivity contribution in [3.63, 3.8) is 0 Å². The molecule has 3 rings (SSSR count). The molecule has 10 nitrogen and oxygen atoms in total. The van der Waals surface area contributed by atoms with Crippen LogP contribution in [0.4, 0.5) is 4.79 Å². The second-order valence-electron chi connectivity index (χ2n) is 10.0. The maximum atomic E-state index is 13.4. The van der Waals surface area contributed by atoms with Gasteiger partial charge in [0.25, 0.3) is 5.56 Å². The summed E-state index contributed by atoms with van der Waals surface area (Å²) in [6.45, 7) is 7.23. The Morgan fingerprint density at radius 1 is 1.27 bits per heavy atom. The van der Waals surface area contributed by atoms with Gasteiger partial charge in [0.1, 0.15) is 17.5 Å². The number of aliphatic carboxylic acids is 1. The molecular formula is C26H33ClN4O6. The molecule has 3 N–H and O–H groups in total. The van der Waals surface area contributed by atoms with E-state index < -0.39 is 42.1 Å². The number of ether oxygens (including phenoxy) is 1. The Hall–Kier alpha value is -3.40. The number of aromatic nitrogens is 2. The lowest BCUT2D eigenvalue weighted by Crippen LogP contribution is -2.49. The number of nitrogens with one attached hydrogen (secondary N) is 2. The van der Waals surface area contributed by atoms with E-state index in [1.165, 1.54) is 0 Å². The molecule has 0 saturated heterocycles. The highest BCUT2D eigenvalue weighted by Gasteiger charge is 2.36. The zero-order valence-electron chi connectivity index (χ0n) is 21.5. The van der Waals surface area contributed by atoms with Crippen LogP contribution < -0.4 is 10.9 Å². The Balaban J connectivity index is 1.90. The van der Waals surface area contributed by atoms with E-state index in [9.17, 15) is 24.3 Å². The molecule has 1 aliphatic rings. The van der Waals surface area contributed by atoms with Gasteiger partial charge >= 0.3 is 12.1 Å². The molecule has 11 heteroatoms. The number of amides is 2. The van der Waals surface area contributed by atoms with Crippen LogP contribution >= 0.6 is 11.6 Å². The topological polar surface area (TPSA) is 142 Å². The van der Waals surface area contributed by atoms with Gasteiger partial charge in [-0.2, -0.15) is 0 Å². The molecule has 0 bridgehead atoms. The van der Waals surface area contributed by atoms with E-state index in [0.717, 1.165) is 12.8 Å². The second-order valence-corrected chi connectivity index (χ2v) is 10.5. The molecule has 0 saturated carbocycles. The molecule has 1 aliphatic heterocycles. The summed E-state index contributed by atoms with van der Waals surface area (Å²) in [4.78, 5) is 59.5. The summed E-state index contributed by atoms with van der Waals surface area (Å²) in [6, 6.07) is 4.93. The van der Waals surface area contributed by atoms with Crippen molar-refractivity contribution >= 4 is 29.6 Å². The number of carbonyl (C=O) groups excluding carboxylic acids is 2. The van der Waals surface area contributed by atoms with Crippen LogP contribution in [0.25, 0.3) is 11.4 Å². The van der Waals surface area contributed by atoms with Gasteiger partial charge in [-0.15, -0.1) is 0 Å². The van der Waals surface area contributed by atoms with Crippen molar-refractivity contribution in [2.45, 2.75) is 77.5 Å². The maximum Gasteiger partial charge on any atom is 0.408 e. The van der Waals surface area contributed by atoms with E-state index in [0.29, 0.717) is 34.1 Å². The fraction of sp³-hybridized carbons (Fsp3) is 0.500. The van der Waals surface area contributed by atoms with Crippen LogP contribution in [0.15, 0.2) is 29.1 Å². The van der Waals surface area contributed by atoms with Gasteiger partial charge in [0.2, 0.25) is 5.91 Å². The molecule has 1 unspecified atom stereocenters. The first kappa shape index (κ1) is 28.2. The summed E-state index contributed by atoms with van der Waals surface area (Å²) >= 11 is 5.99. The van der Waals surface area contributed by atoms with Crippen LogP contribution in [-0.2, 0) is 20.7 Å². The van der Waals surface area contributed by atoms with Gasteiger partial charge in [0.05, 0.1) is 18.2 Å². The van der Waals surface area contributed by atoms with Crippen LogP contribution in [0.2, 0.25) is 5.02 Å². The van der Waals surface area contributed by atoms with Crippen LogP contribution in [0, 0.1) is 0 Å². The van der Waals surface area contributed by atoms with Crippen molar-refractivity contribution in [2.75, 3.05) is 6.54 Å². The van der Waals surface area contributed by atoms with Crippen molar-refractivity contribution in [3.8, 4) is 11.4 Å². The zero-order chi connectivity index (χ0) is 27.3. The van der Waals surface area contributed by atoms with Gasteiger partial charge in [-0.1, -0.05) is 31.4 Å². The standard InChI is InChI=1S/C26H33ClN4O6/c1-5-6-7-19-21-17(23(33)30-22(29-21)15-8-10-16(27)11-9-15)12-13-31(19)20(32)14-18(24(34)35)28-25(36)37-26(2,3)4/h8-11,18-19H,5-7,12-14H2,1-4H3,(H,28,36)(H,34,35)(H,29,30,33)/t18-,19?/m1/s1. The Labute approximate surface area is 220 Å². The summed E-state index contributed by atoms with van der Waals surface area (Å²) in [6.07, 6.45) is 1.10. The number of alkyl carbamates (subject to hydrolysis) is 1. The van der Waals surface area contributed by atoms with E-state index in [-0.39, 0.29) is 18.5 Å². The number of hydrogen-bond donors (Lipinski definition) is 3. The molecule has 2 heterocycles. The number of fused-ring (bicyclic) bond motifs is 1. The highest BCUT2D eigenvalue weighted by atomic mass is 35.5. The number of rotatable bonds is 8. The first-order valence-electron chi connectivity index (χ1n) is 12.3. The van der Waals surface area contributed by atoms with Gasteiger partial charge in [-0.3, -0.25) is 9.59 Å². The number of unbranched alkanes of at least 4 members (excludes halogenated alkanes) is 1. The zero-order valence-corrected chi connectivity index (χ0v) is 22.2. The number of H-pyrrole nitrogens is 1. The van der Waals surface area contributed by atoms with Gasteiger partial charge in [-0.05, 0) is 57.9 Å². The molecule has 0 radical (unpaired) electrons. The first-order valence-corrected chi connectivity index (χ1v) is 12.7. The van der Waals surface area contributed by atoms with Crippen LogP contribution in [0.1, 0.15) is 70.7 Å². The minimum atomic E-state index is -1.47. The lowest BCUT2D eigenvalue weighted by Gasteiger charge is -2.37. The molecule has 1 aromatic carbocycles. The smallest absolute Gasteiger partial charge is 0.408 e. The van der Waals surface area contributed by atoms with Gasteiger partial charge in [0, 0.05) is 22.7 Å². The lowest BCUT2D eigenvalue weighted by molar-refractivity contribution is -0.144. The van der Waals surface area contributed by atoms with Gasteiger partial charge < -0.3 is 25.0 Å². The molecule has 0 spiro atoms. The highest BCUT2D eigenvalue weighted by Crippen LogP contribution is 2.33. The normalized spacial score (nSPS) is 16.0. The van der Waals surface area contributed by atoms with Crippen LogP contribution in [0.5, 0.6) is 0 Å². The summed E-state index contributed by atoms with van der Waals surface area (Å²) < 4.78 is 5.15. The number of carboxylic acid groups (broad SMARTS) is 1. The number of aromatic amines is 1. The third kappa shape index (κ3) is 7.31. The number of halogens is 1. The Morgan fingerprint density at radius 2 is 1.95 bits per heavy atom. The number of benzene rings is 1. The highest BCUT2D eigenvalue weighted by molar-refractivity contribution is 6.30. The summed E-state index contributed by atoms with van der Waals surface area (Å²) in [7, 11) is 0. The van der Waals surface area contributed by atoms with Crippen molar-refractivity contribution in [2.24, 2.45) is 0 Å². The minimum Gasteiger partial charge on any atom is -0.480 e. The van der Waals surface area contributed by atoms with Gasteiger partial charge in [0.15, 0.2) is 0 Å². The van der Waals surface area contributed by atoms with Crippen LogP contribution in [0.3, 0.4) is 0 Å². The second kappa shape index (κ2) is 11.8. The molecule has 0 aliphatic carbocycles. The van der Waals surface area contributed by atoms with Crippen molar-refractivity contribution < 1.29 is 24.2 Å². The van der Waals surface area contributed by atoms with E-state index in [1.807, 2.05) is 6.92 Å². The van der Waals surface area contributed by atoms with E-state index in [2.05, 4.69) is 10.3 Å². The summed E-state index contributed by atoms with van der Waals surface area (Å²) in [5.74, 6) is -1.43.